The molecule has 4 aliphatic heterocycles. The van der Waals surface area contributed by atoms with Crippen LogP contribution in [0.4, 0.5) is 26.2 Å². The van der Waals surface area contributed by atoms with E-state index in [9.17, 15) is 18.4 Å². The van der Waals surface area contributed by atoms with Crippen LogP contribution in [0, 0.1) is 0 Å². The zero-order valence-corrected chi connectivity index (χ0v) is 31.4. The Labute approximate surface area is 318 Å². The molecule has 3 aromatic heterocycles. The first-order valence-electron chi connectivity index (χ1n) is 19.3. The number of aromatic carboxylic acids is 1. The van der Waals surface area contributed by atoms with Crippen molar-refractivity contribution in [3.8, 4) is 11.1 Å². The summed E-state index contributed by atoms with van der Waals surface area (Å²) < 4.78 is 39.4. The fourth-order valence-corrected chi connectivity index (χ4v) is 8.63. The van der Waals surface area contributed by atoms with Gasteiger partial charge in [-0.15, -0.1) is 0 Å². The lowest BCUT2D eigenvalue weighted by atomic mass is 9.92. The number of rotatable bonds is 10. The third-order valence-corrected chi connectivity index (χ3v) is 11.7. The largest absolute Gasteiger partial charge is 0.478 e. The molecule has 1 amide bonds. The van der Waals surface area contributed by atoms with Crippen molar-refractivity contribution in [2.75, 3.05) is 62.2 Å². The summed E-state index contributed by atoms with van der Waals surface area (Å²) in [6.07, 6.45) is 9.55. The molecular formula is C39H48F2N10O4. The SMILES string of the molecule is CC(=O)N1CCc2c(c(N3CCCc4cc(-c5cnn(C)c5)c(C(F)F)cc43)nn2C2CCN(CCOC3CCN(c4ncc(C(=O)O)cn4)CC3)CC2)C1. The number of hydrogen-bond donors (Lipinski definition) is 1. The molecule has 2 saturated heterocycles. The number of ether oxygens (including phenoxy) is 1. The zero-order valence-electron chi connectivity index (χ0n) is 31.4. The maximum atomic E-state index is 14.6. The molecule has 16 heteroatoms. The van der Waals surface area contributed by atoms with E-state index in [0.717, 1.165) is 99.6 Å². The highest BCUT2D eigenvalue weighted by molar-refractivity contribution is 5.86. The molecule has 1 N–H and O–H groups in total. The van der Waals surface area contributed by atoms with Gasteiger partial charge >= 0.3 is 5.97 Å². The van der Waals surface area contributed by atoms with Crippen LogP contribution < -0.4 is 9.80 Å². The van der Waals surface area contributed by atoms with Crippen LogP contribution in [0.15, 0.2) is 36.9 Å². The third-order valence-electron chi connectivity index (χ3n) is 11.7. The van der Waals surface area contributed by atoms with Gasteiger partial charge in [-0.25, -0.2) is 23.5 Å². The van der Waals surface area contributed by atoms with Crippen LogP contribution in [0.25, 0.3) is 11.1 Å². The van der Waals surface area contributed by atoms with Gasteiger partial charge < -0.3 is 29.4 Å². The summed E-state index contributed by atoms with van der Waals surface area (Å²) in [5.74, 6) is 0.309. The first kappa shape index (κ1) is 37.0. The van der Waals surface area contributed by atoms with Gasteiger partial charge in [0.15, 0.2) is 5.82 Å². The first-order valence-corrected chi connectivity index (χ1v) is 19.3. The Kier molecular flexibility index (Phi) is 10.5. The quantitative estimate of drug-likeness (QED) is 0.234. The van der Waals surface area contributed by atoms with Gasteiger partial charge in [-0.1, -0.05) is 0 Å². The topological polar surface area (TPSA) is 138 Å². The number of aromatic nitrogens is 6. The van der Waals surface area contributed by atoms with Gasteiger partial charge in [0.2, 0.25) is 11.9 Å². The van der Waals surface area contributed by atoms with Crippen molar-refractivity contribution in [3.05, 3.63) is 64.9 Å². The Balaban J connectivity index is 0.930. The molecule has 292 valence electrons. The Bertz CT molecular complexity index is 2020. The molecule has 0 spiro atoms. The zero-order chi connectivity index (χ0) is 38.2. The lowest BCUT2D eigenvalue weighted by Gasteiger charge is -2.35. The first-order chi connectivity index (χ1) is 26.6. The summed E-state index contributed by atoms with van der Waals surface area (Å²) >= 11 is 0. The fourth-order valence-electron chi connectivity index (χ4n) is 8.63. The van der Waals surface area contributed by atoms with Gasteiger partial charge in [-0.2, -0.15) is 10.2 Å². The van der Waals surface area contributed by atoms with Crippen molar-refractivity contribution < 1.29 is 28.2 Å². The Morgan fingerprint density at radius 1 is 0.982 bits per heavy atom. The maximum absolute atomic E-state index is 14.6. The number of nitrogens with zero attached hydrogens (tertiary/aromatic N) is 10. The molecule has 0 saturated carbocycles. The number of amides is 1. The third kappa shape index (κ3) is 7.66. The molecule has 0 bridgehead atoms. The van der Waals surface area contributed by atoms with Crippen molar-refractivity contribution in [2.24, 2.45) is 7.05 Å². The minimum atomic E-state index is -2.65. The minimum Gasteiger partial charge on any atom is -0.478 e. The predicted molar refractivity (Wildman–Crippen MR) is 201 cm³/mol. The molecule has 14 nitrogen and oxygen atoms in total. The van der Waals surface area contributed by atoms with Gasteiger partial charge in [0, 0.05) is 113 Å². The molecule has 8 rings (SSSR count). The van der Waals surface area contributed by atoms with Gasteiger partial charge in [0.1, 0.15) is 0 Å². The molecule has 0 unspecified atom stereocenters. The smallest absolute Gasteiger partial charge is 0.338 e. The van der Waals surface area contributed by atoms with Crippen LogP contribution >= 0.6 is 0 Å². The number of aryl methyl sites for hydroxylation is 2. The van der Waals surface area contributed by atoms with Gasteiger partial charge in [0.05, 0.1) is 37.1 Å². The van der Waals surface area contributed by atoms with E-state index in [1.54, 1.807) is 37.1 Å². The molecule has 0 radical (unpaired) electrons. The van der Waals surface area contributed by atoms with Gasteiger partial charge in [0.25, 0.3) is 6.43 Å². The van der Waals surface area contributed by atoms with E-state index < -0.39 is 12.4 Å². The predicted octanol–water partition coefficient (Wildman–Crippen LogP) is 5.02. The van der Waals surface area contributed by atoms with E-state index >= 15 is 0 Å². The number of anilines is 3. The molecule has 7 heterocycles. The maximum Gasteiger partial charge on any atom is 0.338 e. The number of halogens is 2. The molecule has 4 aromatic rings. The number of alkyl halides is 2. The van der Waals surface area contributed by atoms with Crippen molar-refractivity contribution in [1.82, 2.24) is 39.3 Å². The summed E-state index contributed by atoms with van der Waals surface area (Å²) in [7, 11) is 1.78. The second-order valence-corrected chi connectivity index (χ2v) is 15.1. The average molecular weight is 759 g/mol. The van der Waals surface area contributed by atoms with E-state index in [2.05, 4.69) is 34.4 Å². The van der Waals surface area contributed by atoms with Crippen LogP contribution in [-0.2, 0) is 36.0 Å². The van der Waals surface area contributed by atoms with E-state index in [1.165, 1.54) is 12.4 Å². The molecular weight excluding hydrogens is 710 g/mol. The van der Waals surface area contributed by atoms with Crippen LogP contribution in [0.3, 0.4) is 0 Å². The Morgan fingerprint density at radius 2 is 1.75 bits per heavy atom. The average Bonchev–Trinajstić information content (AvgIpc) is 3.81. The van der Waals surface area contributed by atoms with Crippen molar-refractivity contribution in [1.29, 1.82) is 0 Å². The van der Waals surface area contributed by atoms with Crippen LogP contribution in [0.2, 0.25) is 0 Å². The van der Waals surface area contributed by atoms with Crippen LogP contribution in [0.1, 0.15) is 84.2 Å². The van der Waals surface area contributed by atoms with Crippen molar-refractivity contribution in [3.63, 3.8) is 0 Å². The second kappa shape index (κ2) is 15.6. The minimum absolute atomic E-state index is 0.0153. The van der Waals surface area contributed by atoms with E-state index in [1.807, 2.05) is 11.0 Å². The number of carbonyl (C=O) groups is 2. The number of piperidine rings is 2. The normalized spacial score (nSPS) is 18.5. The molecule has 55 heavy (non-hydrogen) atoms. The monoisotopic (exact) mass is 758 g/mol. The number of carboxylic acids is 1. The fraction of sp³-hybridized carbons (Fsp3) is 0.538. The molecule has 2 fully saturated rings. The molecule has 0 atom stereocenters. The number of fused-ring (bicyclic) bond motifs is 2. The van der Waals surface area contributed by atoms with E-state index in [4.69, 9.17) is 14.9 Å². The van der Waals surface area contributed by atoms with Crippen molar-refractivity contribution >= 4 is 29.3 Å². The molecule has 1 aromatic carbocycles. The van der Waals surface area contributed by atoms with Gasteiger partial charge in [-0.05, 0) is 61.8 Å². The second-order valence-electron chi connectivity index (χ2n) is 15.1. The Hall–Kier alpha value is -4.96. The highest BCUT2D eigenvalue weighted by Crippen LogP contribution is 2.43. The number of likely N-dealkylation sites (tertiary alicyclic amines) is 1. The van der Waals surface area contributed by atoms with Gasteiger partial charge in [-0.3, -0.25) is 14.2 Å². The standard InChI is InChI=1S/C39H48F2N10O4/c1-25(52)49-15-9-34-33(24-49)37(50-10-3-4-26-18-31(28-22-44-46(2)23-28)32(36(40)41)19-35(26)50)45-51(34)29-5-11-47(12-6-29)16-17-55-30-7-13-48(14-8-30)39-42-20-27(21-43-39)38(53)54/h18-23,29-30,36H,3-17,24H2,1-2H3,(H,53,54). The number of hydrogen-bond acceptors (Lipinski definition) is 10. The van der Waals surface area contributed by atoms with Crippen molar-refractivity contribution in [2.45, 2.75) is 77.0 Å². The molecule has 4 aliphatic rings. The summed E-state index contributed by atoms with van der Waals surface area (Å²) in [5, 5.41) is 18.6. The lowest BCUT2D eigenvalue weighted by Crippen LogP contribution is -2.40. The van der Waals surface area contributed by atoms with Crippen LogP contribution in [0.5, 0.6) is 0 Å². The summed E-state index contributed by atoms with van der Waals surface area (Å²) in [6.45, 7) is 8.20. The number of carbonyl (C=O) groups excluding carboxylic acids is 1. The summed E-state index contributed by atoms with van der Waals surface area (Å²) in [6, 6.07) is 3.76. The van der Waals surface area contributed by atoms with E-state index in [-0.39, 0.29) is 29.2 Å². The van der Waals surface area contributed by atoms with Crippen LogP contribution in [-0.4, -0.2) is 115 Å². The number of carboxylic acid groups (broad SMARTS) is 1. The lowest BCUT2D eigenvalue weighted by molar-refractivity contribution is -0.129. The molecule has 0 aliphatic carbocycles. The van der Waals surface area contributed by atoms with E-state index in [0.29, 0.717) is 49.7 Å². The summed E-state index contributed by atoms with van der Waals surface area (Å²) in [4.78, 5) is 40.6. The highest BCUT2D eigenvalue weighted by Gasteiger charge is 2.35. The summed E-state index contributed by atoms with van der Waals surface area (Å²) in [5.41, 5.74) is 5.20. The number of benzene rings is 1. The highest BCUT2D eigenvalue weighted by atomic mass is 19.3. The Morgan fingerprint density at radius 3 is 2.42 bits per heavy atom.